The molecule has 0 unspecified atom stereocenters. The van der Waals surface area contributed by atoms with Gasteiger partial charge in [-0.05, 0) is 19.1 Å². The van der Waals surface area contributed by atoms with Crippen LogP contribution in [-0.2, 0) is 14.4 Å². The van der Waals surface area contributed by atoms with Gasteiger partial charge in [-0.25, -0.2) is 4.98 Å². The minimum atomic E-state index is -0.283. The van der Waals surface area contributed by atoms with E-state index < -0.39 is 0 Å². The van der Waals surface area contributed by atoms with Crippen molar-refractivity contribution in [2.75, 3.05) is 19.0 Å². The second-order valence-electron chi connectivity index (χ2n) is 5.98. The molecular weight excluding hydrogens is 354 g/mol. The smallest absolute Gasteiger partial charge is 0.229 e. The highest BCUT2D eigenvalue weighted by molar-refractivity contribution is 7.14. The number of carbonyl (C=O) groups is 3. The van der Waals surface area contributed by atoms with Crippen molar-refractivity contribution in [3.05, 3.63) is 29.1 Å². The summed E-state index contributed by atoms with van der Waals surface area (Å²) in [4.78, 5) is 40.8. The Morgan fingerprint density at radius 2 is 2.04 bits per heavy atom. The van der Waals surface area contributed by atoms with E-state index in [4.69, 9.17) is 4.74 Å². The topological polar surface area (TPSA) is 88.6 Å². The Hall–Kier alpha value is -2.74. The minimum Gasteiger partial charge on any atom is -0.496 e. The van der Waals surface area contributed by atoms with E-state index >= 15 is 0 Å². The Morgan fingerprint density at radius 3 is 2.73 bits per heavy atom. The molecule has 2 aromatic rings. The first kappa shape index (κ1) is 18.1. The summed E-state index contributed by atoms with van der Waals surface area (Å²) in [6.45, 7) is 2.09. The van der Waals surface area contributed by atoms with Gasteiger partial charge in [-0.1, -0.05) is 11.6 Å². The highest BCUT2D eigenvalue weighted by atomic mass is 32.1. The van der Waals surface area contributed by atoms with Gasteiger partial charge in [-0.2, -0.15) is 0 Å². The molecule has 0 spiro atoms. The number of ether oxygens (including phenoxy) is 1. The zero-order valence-corrected chi connectivity index (χ0v) is 15.4. The maximum absolute atomic E-state index is 12.1. The van der Waals surface area contributed by atoms with Crippen molar-refractivity contribution in [2.24, 2.45) is 0 Å². The van der Waals surface area contributed by atoms with Crippen LogP contribution in [0.1, 0.15) is 24.8 Å². The lowest BCUT2D eigenvalue weighted by Gasteiger charge is -2.12. The van der Waals surface area contributed by atoms with E-state index in [0.717, 1.165) is 21.7 Å². The number of rotatable bonds is 6. The summed E-state index contributed by atoms with van der Waals surface area (Å²) in [5.74, 6) is -0.00352. The van der Waals surface area contributed by atoms with Crippen molar-refractivity contribution in [2.45, 2.75) is 26.2 Å². The lowest BCUT2D eigenvalue weighted by Crippen LogP contribution is -2.32. The van der Waals surface area contributed by atoms with E-state index in [0.29, 0.717) is 10.9 Å². The molecule has 3 amide bonds. The van der Waals surface area contributed by atoms with Gasteiger partial charge in [-0.3, -0.25) is 19.3 Å². The fraction of sp³-hybridized carbons (Fsp3) is 0.333. The van der Waals surface area contributed by atoms with Crippen LogP contribution in [0, 0.1) is 6.92 Å². The molecule has 136 valence electrons. The number of benzene rings is 1. The standard InChI is InChI=1S/C18H19N3O4S/c1-11-3-4-14(25-2)12(9-11)13-10-26-18(19-13)20-15(22)7-8-21-16(23)5-6-17(21)24/h3-4,9-10H,5-8H2,1-2H3,(H,19,20,22). The number of aromatic nitrogens is 1. The van der Waals surface area contributed by atoms with Crippen LogP contribution >= 0.6 is 11.3 Å². The van der Waals surface area contributed by atoms with Gasteiger partial charge >= 0.3 is 0 Å². The molecule has 0 radical (unpaired) electrons. The van der Waals surface area contributed by atoms with Crippen molar-refractivity contribution >= 4 is 34.2 Å². The molecule has 0 atom stereocenters. The third-order valence-electron chi connectivity index (χ3n) is 4.10. The summed E-state index contributed by atoms with van der Waals surface area (Å²) in [5, 5.41) is 5.03. The maximum atomic E-state index is 12.1. The Kier molecular flexibility index (Phi) is 5.32. The first-order valence-electron chi connectivity index (χ1n) is 8.21. The maximum Gasteiger partial charge on any atom is 0.229 e. The number of nitrogens with one attached hydrogen (secondary N) is 1. The molecule has 1 N–H and O–H groups in total. The van der Waals surface area contributed by atoms with Crippen LogP contribution < -0.4 is 10.1 Å². The lowest BCUT2D eigenvalue weighted by atomic mass is 10.1. The molecular formula is C18H19N3O4S. The highest BCUT2D eigenvalue weighted by Gasteiger charge is 2.28. The molecule has 7 nitrogen and oxygen atoms in total. The van der Waals surface area contributed by atoms with Crippen LogP contribution in [0.4, 0.5) is 5.13 Å². The van der Waals surface area contributed by atoms with Crippen LogP contribution in [0.3, 0.4) is 0 Å². The lowest BCUT2D eigenvalue weighted by molar-refractivity contribution is -0.138. The number of carbonyl (C=O) groups excluding carboxylic acids is 3. The van der Waals surface area contributed by atoms with E-state index in [1.807, 2.05) is 30.5 Å². The fourth-order valence-corrected chi connectivity index (χ4v) is 3.47. The SMILES string of the molecule is COc1ccc(C)cc1-c1csc(NC(=O)CCN2C(=O)CCC2=O)n1. The number of amides is 3. The largest absolute Gasteiger partial charge is 0.496 e. The molecule has 8 heteroatoms. The molecule has 26 heavy (non-hydrogen) atoms. The molecule has 1 saturated heterocycles. The van der Waals surface area contributed by atoms with Gasteiger partial charge in [0.05, 0.1) is 12.8 Å². The molecule has 1 aromatic heterocycles. The van der Waals surface area contributed by atoms with E-state index in [1.165, 1.54) is 11.3 Å². The van der Waals surface area contributed by atoms with Gasteiger partial charge in [0.1, 0.15) is 5.75 Å². The number of aryl methyl sites for hydroxylation is 1. The summed E-state index contributed by atoms with van der Waals surface area (Å²) >= 11 is 1.31. The minimum absolute atomic E-state index is 0.0557. The van der Waals surface area contributed by atoms with Gasteiger partial charge < -0.3 is 10.1 Å². The average molecular weight is 373 g/mol. The molecule has 1 aliphatic heterocycles. The number of methoxy groups -OCH3 is 1. The Bertz CT molecular complexity index is 846. The number of hydrogen-bond acceptors (Lipinski definition) is 6. The summed E-state index contributed by atoms with van der Waals surface area (Å²) in [5.41, 5.74) is 2.66. The second kappa shape index (κ2) is 7.65. The average Bonchev–Trinajstić information content (AvgIpc) is 3.20. The van der Waals surface area contributed by atoms with Crippen molar-refractivity contribution in [3.8, 4) is 17.0 Å². The number of anilines is 1. The van der Waals surface area contributed by atoms with Gasteiger partial charge in [0.25, 0.3) is 0 Å². The molecule has 0 saturated carbocycles. The van der Waals surface area contributed by atoms with Crippen LogP contribution in [0.15, 0.2) is 23.6 Å². The van der Waals surface area contributed by atoms with E-state index in [9.17, 15) is 14.4 Å². The third-order valence-corrected chi connectivity index (χ3v) is 4.86. The van der Waals surface area contributed by atoms with Crippen LogP contribution in [0.5, 0.6) is 5.75 Å². The van der Waals surface area contributed by atoms with E-state index in [1.54, 1.807) is 7.11 Å². The molecule has 3 rings (SSSR count). The van der Waals surface area contributed by atoms with Crippen molar-refractivity contribution < 1.29 is 19.1 Å². The Labute approximate surface area is 155 Å². The van der Waals surface area contributed by atoms with E-state index in [2.05, 4.69) is 10.3 Å². The Morgan fingerprint density at radius 1 is 1.31 bits per heavy atom. The quantitative estimate of drug-likeness (QED) is 0.786. The zero-order valence-electron chi connectivity index (χ0n) is 14.6. The molecule has 2 heterocycles. The first-order chi connectivity index (χ1) is 12.5. The monoisotopic (exact) mass is 373 g/mol. The van der Waals surface area contributed by atoms with Crippen LogP contribution in [0.2, 0.25) is 0 Å². The summed E-state index contributed by atoms with van der Waals surface area (Å²) in [6.07, 6.45) is 0.517. The molecule has 0 bridgehead atoms. The van der Waals surface area contributed by atoms with Crippen molar-refractivity contribution in [3.63, 3.8) is 0 Å². The number of imide groups is 1. The zero-order chi connectivity index (χ0) is 18.7. The van der Waals surface area contributed by atoms with Crippen molar-refractivity contribution in [1.29, 1.82) is 0 Å². The Balaban J connectivity index is 1.63. The first-order valence-corrected chi connectivity index (χ1v) is 9.09. The number of likely N-dealkylation sites (tertiary alicyclic amines) is 1. The molecule has 1 aliphatic rings. The van der Waals surface area contributed by atoms with Gasteiger partial charge in [-0.15, -0.1) is 11.3 Å². The van der Waals surface area contributed by atoms with Gasteiger partial charge in [0.15, 0.2) is 5.13 Å². The van der Waals surface area contributed by atoms with Crippen LogP contribution in [0.25, 0.3) is 11.3 Å². The molecule has 1 aromatic carbocycles. The van der Waals surface area contributed by atoms with Gasteiger partial charge in [0.2, 0.25) is 17.7 Å². The summed E-state index contributed by atoms with van der Waals surface area (Å²) < 4.78 is 5.37. The predicted octanol–water partition coefficient (Wildman–Crippen LogP) is 2.60. The highest BCUT2D eigenvalue weighted by Crippen LogP contribution is 2.33. The van der Waals surface area contributed by atoms with E-state index in [-0.39, 0.29) is 43.5 Å². The summed E-state index contributed by atoms with van der Waals surface area (Å²) in [7, 11) is 1.60. The third kappa shape index (κ3) is 3.91. The number of nitrogens with zero attached hydrogens (tertiary/aromatic N) is 2. The number of hydrogen-bond donors (Lipinski definition) is 1. The predicted molar refractivity (Wildman–Crippen MR) is 98.0 cm³/mol. The molecule has 0 aliphatic carbocycles. The summed E-state index contributed by atoms with van der Waals surface area (Å²) in [6, 6.07) is 5.81. The molecule has 1 fully saturated rings. The van der Waals surface area contributed by atoms with Crippen LogP contribution in [-0.4, -0.2) is 41.3 Å². The normalized spacial score (nSPS) is 14.0. The van der Waals surface area contributed by atoms with Crippen molar-refractivity contribution in [1.82, 2.24) is 9.88 Å². The fourth-order valence-electron chi connectivity index (χ4n) is 2.74. The second-order valence-corrected chi connectivity index (χ2v) is 6.84. The number of thiazole rings is 1. The van der Waals surface area contributed by atoms with Gasteiger partial charge in [0, 0.05) is 36.8 Å².